The normalized spacial score (nSPS) is 14.1. The maximum absolute atomic E-state index is 5.21. The number of benzene rings is 7. The van der Waals surface area contributed by atoms with Crippen molar-refractivity contribution in [3.8, 4) is 28.7 Å². The highest BCUT2D eigenvalue weighted by Gasteiger charge is 2.33. The molecule has 0 fully saturated rings. The standard InChI is InChI=1S/C46H29N5S2/c1-4-14-29(15-5-1)43-47-44(30-16-6-2-7-17-30)49-46(48-43)51-37-25-24-32(50-38-21-11-13-23-41(38)53-45(50)31-18-8-3-9-19-31)26-34(37)35-27-36-33-20-10-12-22-40(33)52-42(36)28-39(35)51/h1-28,45H. The zero-order chi connectivity index (χ0) is 34.9. The van der Waals surface area contributed by atoms with E-state index in [1.807, 2.05) is 59.5 Å². The van der Waals surface area contributed by atoms with Crippen LogP contribution in [0.5, 0.6) is 0 Å². The molecular formula is C46H29N5S2. The summed E-state index contributed by atoms with van der Waals surface area (Å²) in [6, 6.07) is 60.2. The highest BCUT2D eigenvalue weighted by Crippen LogP contribution is 2.55. The molecular weight excluding hydrogens is 687 g/mol. The molecule has 0 spiro atoms. The van der Waals surface area contributed by atoms with Gasteiger partial charge in [0.25, 0.3) is 0 Å². The van der Waals surface area contributed by atoms with Gasteiger partial charge in [0.1, 0.15) is 5.37 Å². The fourth-order valence-corrected chi connectivity index (χ4v) is 10.1. The molecule has 0 amide bonds. The lowest BCUT2D eigenvalue weighted by Gasteiger charge is -2.27. The first-order valence-corrected chi connectivity index (χ1v) is 19.3. The molecule has 1 aliphatic heterocycles. The van der Waals surface area contributed by atoms with E-state index in [9.17, 15) is 0 Å². The van der Waals surface area contributed by atoms with Crippen molar-refractivity contribution in [2.75, 3.05) is 4.90 Å². The van der Waals surface area contributed by atoms with Gasteiger partial charge < -0.3 is 4.90 Å². The molecule has 5 nitrogen and oxygen atoms in total. The molecule has 0 saturated carbocycles. The molecule has 10 aromatic rings. The lowest BCUT2D eigenvalue weighted by Crippen LogP contribution is -2.17. The van der Waals surface area contributed by atoms with Gasteiger partial charge >= 0.3 is 0 Å². The van der Waals surface area contributed by atoms with Crippen molar-refractivity contribution in [3.05, 3.63) is 175 Å². The predicted molar refractivity (Wildman–Crippen MR) is 222 cm³/mol. The Bertz CT molecular complexity index is 2940. The van der Waals surface area contributed by atoms with E-state index in [4.69, 9.17) is 15.0 Å². The maximum Gasteiger partial charge on any atom is 0.238 e. The van der Waals surface area contributed by atoms with Crippen LogP contribution in [0.1, 0.15) is 10.9 Å². The zero-order valence-corrected chi connectivity index (χ0v) is 29.9. The number of thioether (sulfide) groups is 1. The predicted octanol–water partition coefficient (Wildman–Crippen LogP) is 12.6. The summed E-state index contributed by atoms with van der Waals surface area (Å²) >= 11 is 3.73. The van der Waals surface area contributed by atoms with Gasteiger partial charge in [0, 0.05) is 52.7 Å². The van der Waals surface area contributed by atoms with Crippen molar-refractivity contribution in [3.63, 3.8) is 0 Å². The smallest absolute Gasteiger partial charge is 0.238 e. The van der Waals surface area contributed by atoms with Gasteiger partial charge in [0.2, 0.25) is 5.95 Å². The Hall–Kier alpha value is -6.28. The Morgan fingerprint density at radius 1 is 0.472 bits per heavy atom. The molecule has 1 aliphatic rings. The van der Waals surface area contributed by atoms with Gasteiger partial charge in [-0.3, -0.25) is 4.57 Å². The van der Waals surface area contributed by atoms with Crippen molar-refractivity contribution >= 4 is 76.5 Å². The number of aromatic nitrogens is 4. The number of nitrogens with zero attached hydrogens (tertiary/aromatic N) is 5. The molecule has 3 aromatic heterocycles. The van der Waals surface area contributed by atoms with Crippen molar-refractivity contribution < 1.29 is 0 Å². The van der Waals surface area contributed by atoms with Crippen LogP contribution in [0.4, 0.5) is 11.4 Å². The Morgan fingerprint density at radius 3 is 1.87 bits per heavy atom. The van der Waals surface area contributed by atoms with Gasteiger partial charge in [0.15, 0.2) is 11.6 Å². The van der Waals surface area contributed by atoms with Crippen LogP contribution in [-0.4, -0.2) is 19.5 Å². The summed E-state index contributed by atoms with van der Waals surface area (Å²) in [4.78, 5) is 19.2. The fourth-order valence-electron chi connectivity index (χ4n) is 7.65. The van der Waals surface area contributed by atoms with Crippen LogP contribution in [0.3, 0.4) is 0 Å². The Kier molecular flexibility index (Phi) is 6.96. The lowest BCUT2D eigenvalue weighted by atomic mass is 10.1. The Morgan fingerprint density at radius 2 is 1.11 bits per heavy atom. The minimum absolute atomic E-state index is 0.109. The van der Waals surface area contributed by atoms with Crippen LogP contribution < -0.4 is 4.90 Å². The maximum atomic E-state index is 5.21. The van der Waals surface area contributed by atoms with E-state index in [1.165, 1.54) is 36.3 Å². The topological polar surface area (TPSA) is 46.8 Å². The number of fused-ring (bicyclic) bond motifs is 7. The molecule has 7 aromatic carbocycles. The first kappa shape index (κ1) is 30.4. The molecule has 0 N–H and O–H groups in total. The summed E-state index contributed by atoms with van der Waals surface area (Å²) in [7, 11) is 0. The summed E-state index contributed by atoms with van der Waals surface area (Å²) in [5.74, 6) is 1.87. The molecule has 0 bridgehead atoms. The first-order chi connectivity index (χ1) is 26.3. The van der Waals surface area contributed by atoms with Gasteiger partial charge in [-0.05, 0) is 54.1 Å². The van der Waals surface area contributed by atoms with Gasteiger partial charge in [-0.15, -0.1) is 11.3 Å². The number of para-hydroxylation sites is 1. The highest BCUT2D eigenvalue weighted by atomic mass is 32.2. The van der Waals surface area contributed by atoms with E-state index in [0.29, 0.717) is 17.6 Å². The first-order valence-electron chi connectivity index (χ1n) is 17.6. The molecule has 53 heavy (non-hydrogen) atoms. The Labute approximate surface area is 313 Å². The van der Waals surface area contributed by atoms with Gasteiger partial charge in [0.05, 0.1) is 16.7 Å². The third-order valence-corrected chi connectivity index (χ3v) is 12.5. The summed E-state index contributed by atoms with van der Waals surface area (Å²) in [5.41, 5.74) is 7.64. The molecule has 0 saturated heterocycles. The second-order valence-electron chi connectivity index (χ2n) is 13.2. The van der Waals surface area contributed by atoms with E-state index in [-0.39, 0.29) is 5.37 Å². The van der Waals surface area contributed by atoms with E-state index in [0.717, 1.165) is 38.6 Å². The largest absolute Gasteiger partial charge is 0.323 e. The number of hydrogen-bond donors (Lipinski definition) is 0. The van der Waals surface area contributed by atoms with Crippen LogP contribution >= 0.6 is 23.1 Å². The number of hydrogen-bond acceptors (Lipinski definition) is 6. The zero-order valence-electron chi connectivity index (χ0n) is 28.3. The molecule has 7 heteroatoms. The number of anilines is 2. The average molecular weight is 716 g/mol. The summed E-state index contributed by atoms with van der Waals surface area (Å²) in [6.45, 7) is 0. The highest BCUT2D eigenvalue weighted by molar-refractivity contribution is 8.00. The summed E-state index contributed by atoms with van der Waals surface area (Å²) in [6.07, 6.45) is 0. The van der Waals surface area contributed by atoms with Crippen LogP contribution in [0.25, 0.3) is 70.7 Å². The van der Waals surface area contributed by atoms with Crippen molar-refractivity contribution in [1.29, 1.82) is 0 Å². The van der Waals surface area contributed by atoms with E-state index in [1.54, 1.807) is 0 Å². The third kappa shape index (κ3) is 4.96. The van der Waals surface area contributed by atoms with Gasteiger partial charge in [-0.2, -0.15) is 9.97 Å². The molecule has 0 aliphatic carbocycles. The van der Waals surface area contributed by atoms with Gasteiger partial charge in [-0.1, -0.05) is 133 Å². The second kappa shape index (κ2) is 12.2. The second-order valence-corrected chi connectivity index (χ2v) is 15.4. The molecule has 4 heterocycles. The molecule has 250 valence electrons. The van der Waals surface area contributed by atoms with E-state index in [2.05, 4.69) is 143 Å². The Balaban J connectivity index is 1.20. The van der Waals surface area contributed by atoms with E-state index < -0.39 is 0 Å². The van der Waals surface area contributed by atoms with E-state index >= 15 is 0 Å². The van der Waals surface area contributed by atoms with Crippen molar-refractivity contribution in [2.45, 2.75) is 10.3 Å². The quantitative estimate of drug-likeness (QED) is 0.178. The van der Waals surface area contributed by atoms with Crippen molar-refractivity contribution in [2.24, 2.45) is 0 Å². The van der Waals surface area contributed by atoms with Crippen LogP contribution in [0, 0.1) is 0 Å². The minimum atomic E-state index is 0.109. The SMILES string of the molecule is c1ccc(-c2nc(-c3ccccc3)nc(-n3c4ccc(N5c6ccccc6SC5c5ccccc5)cc4c4cc5c(cc43)sc3ccccc35)n2)cc1. The average Bonchev–Trinajstić information content (AvgIpc) is 3.90. The fraction of sp³-hybridized carbons (Fsp3) is 0.0217. The van der Waals surface area contributed by atoms with Crippen LogP contribution in [0.2, 0.25) is 0 Å². The molecule has 1 unspecified atom stereocenters. The number of thiophene rings is 1. The monoisotopic (exact) mass is 715 g/mol. The summed E-state index contributed by atoms with van der Waals surface area (Å²) in [5, 5.41) is 4.96. The molecule has 0 radical (unpaired) electrons. The molecule has 1 atom stereocenters. The lowest BCUT2D eigenvalue weighted by molar-refractivity contribution is 0.952. The number of rotatable bonds is 5. The van der Waals surface area contributed by atoms with Crippen LogP contribution in [-0.2, 0) is 0 Å². The van der Waals surface area contributed by atoms with Gasteiger partial charge in [-0.25, -0.2) is 4.98 Å². The third-order valence-electron chi connectivity index (χ3n) is 10.1. The van der Waals surface area contributed by atoms with Crippen LogP contribution in [0.15, 0.2) is 175 Å². The molecule has 11 rings (SSSR count). The summed E-state index contributed by atoms with van der Waals surface area (Å²) < 4.78 is 4.75. The minimum Gasteiger partial charge on any atom is -0.323 e. The van der Waals surface area contributed by atoms with Crippen molar-refractivity contribution in [1.82, 2.24) is 19.5 Å².